The Kier molecular flexibility index (Phi) is 5.31. The molecule has 5 nitrogen and oxygen atoms in total. The van der Waals surface area contributed by atoms with Crippen molar-refractivity contribution in [1.29, 1.82) is 0 Å². The second-order valence-electron chi connectivity index (χ2n) is 5.34. The Labute approximate surface area is 132 Å². The van der Waals surface area contributed by atoms with Gasteiger partial charge in [-0.25, -0.2) is 0 Å². The predicted octanol–water partition coefficient (Wildman–Crippen LogP) is 3.61. The molecule has 0 fully saturated rings. The Hall–Kier alpha value is -2.17. The zero-order chi connectivity index (χ0) is 16.1. The molecule has 0 atom stereocenters. The van der Waals surface area contributed by atoms with E-state index >= 15 is 0 Å². The van der Waals surface area contributed by atoms with Crippen LogP contribution in [0.1, 0.15) is 55.8 Å². The summed E-state index contributed by atoms with van der Waals surface area (Å²) in [7, 11) is 0. The van der Waals surface area contributed by atoms with Crippen molar-refractivity contribution in [3.63, 3.8) is 0 Å². The van der Waals surface area contributed by atoms with Crippen LogP contribution in [-0.2, 0) is 0 Å². The van der Waals surface area contributed by atoms with Gasteiger partial charge in [-0.3, -0.25) is 14.5 Å². The zero-order valence-electron chi connectivity index (χ0n) is 13.8. The molecule has 2 rings (SSSR count). The van der Waals surface area contributed by atoms with E-state index in [-0.39, 0.29) is 5.91 Å². The fourth-order valence-electron chi connectivity index (χ4n) is 2.70. The molecule has 0 aliphatic carbocycles. The summed E-state index contributed by atoms with van der Waals surface area (Å²) < 4.78 is 1.98. The summed E-state index contributed by atoms with van der Waals surface area (Å²) in [6.45, 7) is 8.85. The van der Waals surface area contributed by atoms with Crippen molar-refractivity contribution in [2.24, 2.45) is 0 Å². The Morgan fingerprint density at radius 1 is 1.23 bits per heavy atom. The second kappa shape index (κ2) is 7.20. The van der Waals surface area contributed by atoms with Crippen LogP contribution in [0.2, 0.25) is 0 Å². The molecule has 0 aromatic carbocycles. The van der Waals surface area contributed by atoms with Gasteiger partial charge in [0.1, 0.15) is 0 Å². The van der Waals surface area contributed by atoms with Crippen molar-refractivity contribution in [1.82, 2.24) is 14.8 Å². The zero-order valence-corrected chi connectivity index (χ0v) is 13.8. The topological polar surface area (TPSA) is 51.0 Å². The monoisotopic (exact) mass is 300 g/mol. The van der Waals surface area contributed by atoms with Gasteiger partial charge in [-0.05, 0) is 44.9 Å². The molecular weight excluding hydrogens is 276 g/mol. The first kappa shape index (κ1) is 16.2. The van der Waals surface area contributed by atoms with E-state index in [1.807, 2.05) is 36.7 Å². The van der Waals surface area contributed by atoms with Crippen LogP contribution in [0.4, 0.5) is 5.69 Å². The molecule has 118 valence electrons. The Bertz CT molecular complexity index is 617. The molecule has 1 amide bonds. The predicted molar refractivity (Wildman–Crippen MR) is 88.2 cm³/mol. The lowest BCUT2D eigenvalue weighted by atomic mass is 10.2. The van der Waals surface area contributed by atoms with Crippen LogP contribution >= 0.6 is 0 Å². The summed E-state index contributed by atoms with van der Waals surface area (Å²) in [5.41, 5.74) is 2.38. The Balaban J connectivity index is 2.31. The third-order valence-corrected chi connectivity index (χ3v) is 3.97. The van der Waals surface area contributed by atoms with Crippen LogP contribution in [0.3, 0.4) is 0 Å². The molecule has 0 bridgehead atoms. The summed E-state index contributed by atoms with van der Waals surface area (Å²) in [5.74, 6) is -0.0680. The van der Waals surface area contributed by atoms with Crippen LogP contribution in [-0.4, -0.2) is 27.2 Å². The van der Waals surface area contributed by atoms with Crippen molar-refractivity contribution in [3.8, 4) is 0 Å². The lowest BCUT2D eigenvalue weighted by Crippen LogP contribution is -2.31. The first-order chi connectivity index (χ1) is 10.6. The highest BCUT2D eigenvalue weighted by molar-refractivity contribution is 6.04. The molecule has 0 aliphatic rings. The second-order valence-corrected chi connectivity index (χ2v) is 5.34. The van der Waals surface area contributed by atoms with Crippen LogP contribution in [0.15, 0.2) is 30.6 Å². The number of carbonyl (C=O) groups is 1. The number of hydrogen-bond donors (Lipinski definition) is 0. The van der Waals surface area contributed by atoms with E-state index < -0.39 is 0 Å². The molecule has 0 spiro atoms. The molecule has 0 N–H and O–H groups in total. The average molecular weight is 300 g/mol. The quantitative estimate of drug-likeness (QED) is 0.818. The van der Waals surface area contributed by atoms with Crippen LogP contribution < -0.4 is 4.90 Å². The molecule has 0 aliphatic heterocycles. The average Bonchev–Trinajstić information content (AvgIpc) is 2.92. The van der Waals surface area contributed by atoms with Gasteiger partial charge in [-0.1, -0.05) is 13.8 Å². The summed E-state index contributed by atoms with van der Waals surface area (Å²) in [6.07, 6.45) is 5.40. The molecule has 5 heteroatoms. The van der Waals surface area contributed by atoms with E-state index in [1.54, 1.807) is 17.3 Å². The number of amides is 1. The fraction of sp³-hybridized carbons (Fsp3) is 0.471. The van der Waals surface area contributed by atoms with Crippen LogP contribution in [0.25, 0.3) is 0 Å². The maximum Gasteiger partial charge on any atom is 0.278 e. The number of pyridine rings is 1. The first-order valence-corrected chi connectivity index (χ1v) is 7.90. The maximum absolute atomic E-state index is 12.8. The minimum atomic E-state index is -0.0680. The Morgan fingerprint density at radius 2 is 1.86 bits per heavy atom. The summed E-state index contributed by atoms with van der Waals surface area (Å²) in [5, 5.41) is 4.56. The van der Waals surface area contributed by atoms with Gasteiger partial charge in [0, 0.05) is 30.3 Å². The number of nitrogens with zero attached hydrogens (tertiary/aromatic N) is 4. The minimum absolute atomic E-state index is 0.0680. The number of anilines is 1. The van der Waals surface area contributed by atoms with Gasteiger partial charge in [0.05, 0.1) is 6.04 Å². The number of hydrogen-bond acceptors (Lipinski definition) is 3. The van der Waals surface area contributed by atoms with Gasteiger partial charge in [0.25, 0.3) is 5.91 Å². The van der Waals surface area contributed by atoms with Crippen LogP contribution in [0, 0.1) is 6.92 Å². The highest BCUT2D eigenvalue weighted by Gasteiger charge is 2.21. The van der Waals surface area contributed by atoms with E-state index in [1.165, 1.54) is 0 Å². The van der Waals surface area contributed by atoms with E-state index in [4.69, 9.17) is 0 Å². The normalized spacial score (nSPS) is 11.0. The summed E-state index contributed by atoms with van der Waals surface area (Å²) in [6, 6.07) is 5.90. The van der Waals surface area contributed by atoms with E-state index in [2.05, 4.69) is 23.9 Å². The van der Waals surface area contributed by atoms with Gasteiger partial charge < -0.3 is 4.90 Å². The Morgan fingerprint density at radius 3 is 2.41 bits per heavy atom. The van der Waals surface area contributed by atoms with Crippen molar-refractivity contribution < 1.29 is 4.79 Å². The fourth-order valence-corrected chi connectivity index (χ4v) is 2.70. The number of rotatable bonds is 6. The molecule has 2 heterocycles. The highest BCUT2D eigenvalue weighted by Crippen LogP contribution is 2.20. The van der Waals surface area contributed by atoms with Gasteiger partial charge in [-0.2, -0.15) is 5.10 Å². The summed E-state index contributed by atoms with van der Waals surface area (Å²) in [4.78, 5) is 18.5. The van der Waals surface area contributed by atoms with Crippen molar-refractivity contribution in [3.05, 3.63) is 42.0 Å². The third kappa shape index (κ3) is 3.18. The molecular formula is C17H24N4O. The molecule has 2 aromatic heterocycles. The highest BCUT2D eigenvalue weighted by atomic mass is 16.2. The van der Waals surface area contributed by atoms with E-state index in [0.717, 1.165) is 24.2 Å². The van der Waals surface area contributed by atoms with Gasteiger partial charge in [-0.15, -0.1) is 0 Å². The third-order valence-electron chi connectivity index (χ3n) is 3.97. The van der Waals surface area contributed by atoms with E-state index in [0.29, 0.717) is 18.3 Å². The first-order valence-electron chi connectivity index (χ1n) is 7.90. The van der Waals surface area contributed by atoms with Crippen molar-refractivity contribution in [2.75, 3.05) is 11.4 Å². The molecule has 0 saturated heterocycles. The lowest BCUT2D eigenvalue weighted by Gasteiger charge is -2.19. The van der Waals surface area contributed by atoms with Crippen molar-refractivity contribution >= 4 is 11.6 Å². The number of aromatic nitrogens is 3. The molecule has 0 radical (unpaired) electrons. The number of carbonyl (C=O) groups excluding carboxylic acids is 1. The van der Waals surface area contributed by atoms with Gasteiger partial charge in [0.2, 0.25) is 0 Å². The SMILES string of the molecule is CCC(CC)n1nc(C(=O)N(CC)c2ccncc2)cc1C. The van der Waals surface area contributed by atoms with Crippen LogP contribution in [0.5, 0.6) is 0 Å². The smallest absolute Gasteiger partial charge is 0.278 e. The molecule has 2 aromatic rings. The van der Waals surface area contributed by atoms with E-state index in [9.17, 15) is 4.79 Å². The van der Waals surface area contributed by atoms with Crippen molar-refractivity contribution in [2.45, 2.75) is 46.6 Å². The molecule has 0 unspecified atom stereocenters. The maximum atomic E-state index is 12.8. The lowest BCUT2D eigenvalue weighted by molar-refractivity contribution is 0.0982. The molecule has 0 saturated carbocycles. The number of aryl methyl sites for hydroxylation is 1. The minimum Gasteiger partial charge on any atom is -0.307 e. The van der Waals surface area contributed by atoms with Gasteiger partial charge in [0.15, 0.2) is 5.69 Å². The van der Waals surface area contributed by atoms with Gasteiger partial charge >= 0.3 is 0 Å². The molecule has 22 heavy (non-hydrogen) atoms. The standard InChI is InChI=1S/C17H24N4O/c1-5-14(6-2)21-13(4)12-16(19-21)17(22)20(7-3)15-8-10-18-11-9-15/h8-12,14H,5-7H2,1-4H3. The summed E-state index contributed by atoms with van der Waals surface area (Å²) >= 11 is 0. The largest absolute Gasteiger partial charge is 0.307 e.